The minimum Gasteiger partial charge on any atom is -0.379 e. The largest absolute Gasteiger partial charge is 0.379 e. The number of ether oxygens (including phenoxy) is 1. The van der Waals surface area contributed by atoms with Crippen LogP contribution in [0.25, 0.3) is 0 Å². The lowest BCUT2D eigenvalue weighted by Crippen LogP contribution is -2.39. The highest BCUT2D eigenvalue weighted by Gasteiger charge is 2.16. The molecule has 5 nitrogen and oxygen atoms in total. The smallest absolute Gasteiger partial charge is 0.0951 e. The molecule has 1 atom stereocenters. The number of hydrogen-bond donors (Lipinski definition) is 1. The summed E-state index contributed by atoms with van der Waals surface area (Å²) in [7, 11) is 0. The molecule has 1 N–H and O–H groups in total. The molecule has 0 saturated carbocycles. The van der Waals surface area contributed by atoms with Gasteiger partial charge in [-0.05, 0) is 6.92 Å². The minimum absolute atomic E-state index is 0.449. The first-order valence-corrected chi connectivity index (χ1v) is 7.21. The Kier molecular flexibility index (Phi) is 5.36. The Balaban J connectivity index is 1.90. The number of morpholine rings is 1. The third-order valence-electron chi connectivity index (χ3n) is 3.54. The zero-order valence-electron chi connectivity index (χ0n) is 12.3. The van der Waals surface area contributed by atoms with E-state index < -0.39 is 0 Å². The molecule has 0 radical (unpaired) electrons. The molecule has 19 heavy (non-hydrogen) atoms. The molecule has 1 unspecified atom stereocenters. The average Bonchev–Trinajstić information content (AvgIpc) is 2.86. The lowest BCUT2D eigenvalue weighted by molar-refractivity contribution is 0.0324. The van der Waals surface area contributed by atoms with E-state index >= 15 is 0 Å². The summed E-state index contributed by atoms with van der Waals surface area (Å²) in [4.78, 5) is 6.76. The van der Waals surface area contributed by atoms with Crippen molar-refractivity contribution in [2.75, 3.05) is 32.8 Å². The Labute approximate surface area is 116 Å². The standard InChI is InChI=1S/C14H26N4O/c1-12(2)16-9-14-8-15-11-18(14)13(3)10-17-4-6-19-7-5-17/h8,11-13,16H,4-7,9-10H2,1-3H3. The molecule has 2 rings (SSSR count). The van der Waals surface area contributed by atoms with Crippen molar-refractivity contribution in [3.05, 3.63) is 18.2 Å². The molecule has 1 saturated heterocycles. The third-order valence-corrected chi connectivity index (χ3v) is 3.54. The number of hydrogen-bond acceptors (Lipinski definition) is 4. The quantitative estimate of drug-likeness (QED) is 0.842. The Morgan fingerprint density at radius 2 is 2.05 bits per heavy atom. The molecule has 1 fully saturated rings. The van der Waals surface area contributed by atoms with Gasteiger partial charge in [-0.25, -0.2) is 4.98 Å². The number of aromatic nitrogens is 2. The van der Waals surface area contributed by atoms with Crippen molar-refractivity contribution < 1.29 is 4.74 Å². The van der Waals surface area contributed by atoms with Crippen LogP contribution in [0.5, 0.6) is 0 Å². The van der Waals surface area contributed by atoms with E-state index in [1.807, 2.05) is 12.5 Å². The van der Waals surface area contributed by atoms with Gasteiger partial charge in [0, 0.05) is 44.5 Å². The SMILES string of the molecule is CC(C)NCc1cncn1C(C)CN1CCOCC1. The Hall–Kier alpha value is -0.910. The number of nitrogens with zero attached hydrogens (tertiary/aromatic N) is 3. The van der Waals surface area contributed by atoms with Gasteiger partial charge in [-0.1, -0.05) is 13.8 Å². The predicted molar refractivity (Wildman–Crippen MR) is 76.2 cm³/mol. The minimum atomic E-state index is 0.449. The van der Waals surface area contributed by atoms with Crippen LogP contribution in [-0.2, 0) is 11.3 Å². The van der Waals surface area contributed by atoms with E-state index in [1.54, 1.807) is 0 Å². The first kappa shape index (κ1) is 14.5. The predicted octanol–water partition coefficient (Wildman–Crippen LogP) is 1.27. The molecule has 5 heteroatoms. The van der Waals surface area contributed by atoms with Gasteiger partial charge in [0.25, 0.3) is 0 Å². The van der Waals surface area contributed by atoms with Gasteiger partial charge in [0.1, 0.15) is 0 Å². The number of rotatable bonds is 6. The summed E-state index contributed by atoms with van der Waals surface area (Å²) in [5.41, 5.74) is 1.26. The monoisotopic (exact) mass is 266 g/mol. The van der Waals surface area contributed by atoms with E-state index in [0.717, 1.165) is 39.4 Å². The topological polar surface area (TPSA) is 42.3 Å². The summed E-state index contributed by atoms with van der Waals surface area (Å²) in [6.45, 7) is 12.3. The van der Waals surface area contributed by atoms with Gasteiger partial charge in [-0.2, -0.15) is 0 Å². The zero-order chi connectivity index (χ0) is 13.7. The maximum Gasteiger partial charge on any atom is 0.0951 e. The summed E-state index contributed by atoms with van der Waals surface area (Å²) in [6.07, 6.45) is 3.91. The van der Waals surface area contributed by atoms with E-state index in [0.29, 0.717) is 12.1 Å². The van der Waals surface area contributed by atoms with Crippen molar-refractivity contribution in [1.82, 2.24) is 19.8 Å². The number of nitrogens with one attached hydrogen (secondary N) is 1. The second kappa shape index (κ2) is 7.03. The van der Waals surface area contributed by atoms with E-state index in [9.17, 15) is 0 Å². The van der Waals surface area contributed by atoms with Gasteiger partial charge in [0.15, 0.2) is 0 Å². The van der Waals surface area contributed by atoms with E-state index in [-0.39, 0.29) is 0 Å². The lowest BCUT2D eigenvalue weighted by atomic mass is 10.2. The first-order chi connectivity index (χ1) is 9.16. The second-order valence-electron chi connectivity index (χ2n) is 5.59. The normalized spacial score (nSPS) is 18.9. The highest BCUT2D eigenvalue weighted by Crippen LogP contribution is 2.13. The zero-order valence-corrected chi connectivity index (χ0v) is 12.3. The fourth-order valence-electron chi connectivity index (χ4n) is 2.42. The fourth-order valence-corrected chi connectivity index (χ4v) is 2.42. The van der Waals surface area contributed by atoms with Crippen molar-refractivity contribution in [3.8, 4) is 0 Å². The van der Waals surface area contributed by atoms with E-state index in [2.05, 4.69) is 40.5 Å². The summed E-state index contributed by atoms with van der Waals surface area (Å²) in [5.74, 6) is 0. The van der Waals surface area contributed by atoms with Crippen molar-refractivity contribution in [1.29, 1.82) is 0 Å². The molecular weight excluding hydrogens is 240 g/mol. The van der Waals surface area contributed by atoms with Crippen LogP contribution in [0.2, 0.25) is 0 Å². The Morgan fingerprint density at radius 3 is 2.74 bits per heavy atom. The maximum absolute atomic E-state index is 5.39. The van der Waals surface area contributed by atoms with Gasteiger partial charge in [-0.15, -0.1) is 0 Å². The molecule has 1 aromatic heterocycles. The molecule has 1 aliphatic rings. The second-order valence-corrected chi connectivity index (χ2v) is 5.59. The molecule has 0 bridgehead atoms. The van der Waals surface area contributed by atoms with E-state index in [1.165, 1.54) is 5.69 Å². The molecule has 0 spiro atoms. The fraction of sp³-hybridized carbons (Fsp3) is 0.786. The van der Waals surface area contributed by atoms with Crippen molar-refractivity contribution in [3.63, 3.8) is 0 Å². The average molecular weight is 266 g/mol. The Morgan fingerprint density at radius 1 is 1.32 bits per heavy atom. The highest BCUT2D eigenvalue weighted by molar-refractivity contribution is 5.00. The summed E-state index contributed by atoms with van der Waals surface area (Å²) in [6, 6.07) is 0.947. The van der Waals surface area contributed by atoms with Gasteiger partial charge in [0.2, 0.25) is 0 Å². The van der Waals surface area contributed by atoms with Crippen LogP contribution in [0.4, 0.5) is 0 Å². The highest BCUT2D eigenvalue weighted by atomic mass is 16.5. The van der Waals surface area contributed by atoms with Gasteiger partial charge in [-0.3, -0.25) is 4.90 Å². The molecule has 0 aromatic carbocycles. The van der Waals surface area contributed by atoms with Crippen molar-refractivity contribution in [2.24, 2.45) is 0 Å². The Bertz CT molecular complexity index is 371. The van der Waals surface area contributed by atoms with Crippen LogP contribution in [0.3, 0.4) is 0 Å². The molecule has 1 aromatic rings. The van der Waals surface area contributed by atoms with Gasteiger partial charge >= 0.3 is 0 Å². The van der Waals surface area contributed by atoms with Crippen LogP contribution >= 0.6 is 0 Å². The van der Waals surface area contributed by atoms with E-state index in [4.69, 9.17) is 4.74 Å². The third kappa shape index (κ3) is 4.30. The molecule has 108 valence electrons. The summed E-state index contributed by atoms with van der Waals surface area (Å²) in [5, 5.41) is 3.45. The van der Waals surface area contributed by atoms with Crippen LogP contribution in [0.15, 0.2) is 12.5 Å². The maximum atomic E-state index is 5.39. The van der Waals surface area contributed by atoms with Crippen LogP contribution in [-0.4, -0.2) is 53.3 Å². The first-order valence-electron chi connectivity index (χ1n) is 7.21. The lowest BCUT2D eigenvalue weighted by Gasteiger charge is -2.30. The number of imidazole rings is 1. The molecule has 1 aliphatic heterocycles. The van der Waals surface area contributed by atoms with Crippen molar-refractivity contribution >= 4 is 0 Å². The van der Waals surface area contributed by atoms with Gasteiger partial charge in [0.05, 0.1) is 25.2 Å². The van der Waals surface area contributed by atoms with Crippen LogP contribution < -0.4 is 5.32 Å². The molecule has 2 heterocycles. The van der Waals surface area contributed by atoms with Gasteiger partial charge < -0.3 is 14.6 Å². The van der Waals surface area contributed by atoms with Crippen LogP contribution in [0, 0.1) is 0 Å². The van der Waals surface area contributed by atoms with Crippen LogP contribution in [0.1, 0.15) is 32.5 Å². The molecular formula is C14H26N4O. The molecule has 0 aliphatic carbocycles. The summed E-state index contributed by atoms with van der Waals surface area (Å²) >= 11 is 0. The summed E-state index contributed by atoms with van der Waals surface area (Å²) < 4.78 is 7.67. The molecule has 0 amide bonds. The van der Waals surface area contributed by atoms with Crippen molar-refractivity contribution in [2.45, 2.75) is 39.4 Å².